The number of nitrogens with zero attached hydrogens (tertiary/aromatic N) is 4. The van der Waals surface area contributed by atoms with Gasteiger partial charge in [-0.1, -0.05) is 29.8 Å². The number of imidazole rings is 1. The molecule has 0 radical (unpaired) electrons. The van der Waals surface area contributed by atoms with Crippen LogP contribution < -0.4 is 29.0 Å². The van der Waals surface area contributed by atoms with E-state index in [9.17, 15) is 14.7 Å². The van der Waals surface area contributed by atoms with Gasteiger partial charge in [0.25, 0.3) is 5.56 Å². The molecule has 0 aliphatic carbocycles. The minimum atomic E-state index is -0.849. The van der Waals surface area contributed by atoms with Gasteiger partial charge in [0.15, 0.2) is 17.3 Å². The van der Waals surface area contributed by atoms with Crippen molar-refractivity contribution in [1.82, 2.24) is 18.7 Å². The highest BCUT2D eigenvalue weighted by molar-refractivity contribution is 5.71. The first kappa shape index (κ1) is 22.9. The summed E-state index contributed by atoms with van der Waals surface area (Å²) in [5.74, 6) is 0.382. The third kappa shape index (κ3) is 4.44. The molecule has 2 aromatic heterocycles. The van der Waals surface area contributed by atoms with Crippen LogP contribution in [-0.2, 0) is 27.6 Å². The van der Waals surface area contributed by atoms with Crippen molar-refractivity contribution in [1.29, 1.82) is 0 Å². The molecule has 158 valence electrons. The molecule has 29 heavy (non-hydrogen) atoms. The first-order valence-corrected chi connectivity index (χ1v) is 9.40. The quantitative estimate of drug-likeness (QED) is 0.431. The number of hydrogen-bond donors (Lipinski definition) is 2. The van der Waals surface area contributed by atoms with E-state index < -0.39 is 17.4 Å². The maximum Gasteiger partial charge on any atom is 0.332 e. The van der Waals surface area contributed by atoms with Gasteiger partial charge in [-0.3, -0.25) is 13.9 Å². The number of hydrogen-bond acceptors (Lipinski definition) is 4. The SMILES string of the molecule is Cc1ccc(CC(C)[NH2+]CC(O)c2nc3c(c(=O)n(C)c(=O)n3C)n2C)cc1.[Cl-]. The van der Waals surface area contributed by atoms with Crippen LogP contribution >= 0.6 is 0 Å². The Morgan fingerprint density at radius 2 is 1.69 bits per heavy atom. The molecular formula is C20H28ClN5O3. The number of aromatic nitrogens is 4. The second-order valence-corrected chi connectivity index (χ2v) is 7.56. The fourth-order valence-corrected chi connectivity index (χ4v) is 3.48. The normalized spacial score (nSPS) is 13.3. The molecule has 0 bridgehead atoms. The van der Waals surface area contributed by atoms with E-state index in [1.807, 2.05) is 0 Å². The van der Waals surface area contributed by atoms with E-state index in [4.69, 9.17) is 0 Å². The van der Waals surface area contributed by atoms with Gasteiger partial charge in [0.2, 0.25) is 0 Å². The van der Waals surface area contributed by atoms with Crippen LogP contribution in [0.4, 0.5) is 0 Å². The number of aliphatic hydroxyl groups is 1. The van der Waals surface area contributed by atoms with E-state index in [0.717, 1.165) is 11.0 Å². The van der Waals surface area contributed by atoms with E-state index in [1.54, 1.807) is 18.7 Å². The molecule has 2 unspecified atom stereocenters. The summed E-state index contributed by atoms with van der Waals surface area (Å²) in [5.41, 5.74) is 2.24. The Morgan fingerprint density at radius 1 is 1.07 bits per heavy atom. The summed E-state index contributed by atoms with van der Waals surface area (Å²) in [7, 11) is 4.70. The summed E-state index contributed by atoms with van der Waals surface area (Å²) < 4.78 is 3.97. The highest BCUT2D eigenvalue weighted by atomic mass is 35.5. The molecule has 0 saturated heterocycles. The molecule has 0 spiro atoms. The predicted octanol–water partition coefficient (Wildman–Crippen LogP) is -3.49. The fourth-order valence-electron chi connectivity index (χ4n) is 3.48. The number of aryl methyl sites for hydroxylation is 3. The highest BCUT2D eigenvalue weighted by Gasteiger charge is 2.23. The topological polar surface area (TPSA) is 98.7 Å². The highest BCUT2D eigenvalue weighted by Crippen LogP contribution is 2.15. The van der Waals surface area contributed by atoms with Gasteiger partial charge in [-0.05, 0) is 19.4 Å². The fraction of sp³-hybridized carbons (Fsp3) is 0.450. The predicted molar refractivity (Wildman–Crippen MR) is 107 cm³/mol. The molecule has 9 heteroatoms. The van der Waals surface area contributed by atoms with Crippen molar-refractivity contribution in [3.63, 3.8) is 0 Å². The third-order valence-electron chi connectivity index (χ3n) is 5.25. The van der Waals surface area contributed by atoms with Crippen molar-refractivity contribution in [2.75, 3.05) is 6.54 Å². The Labute approximate surface area is 175 Å². The molecule has 0 aliphatic heterocycles. The summed E-state index contributed by atoms with van der Waals surface area (Å²) in [6, 6.07) is 8.72. The molecule has 3 rings (SSSR count). The standard InChI is InChI=1S/C20H27N5O3.ClH/c1-12-6-8-14(9-7-12)10-13(2)21-11-15(26)17-22-18-16(23(17)3)19(27)25(5)20(28)24(18)4;/h6-9,13,15,21,26H,10-11H2,1-5H3;1H. The van der Waals surface area contributed by atoms with Crippen LogP contribution in [0.2, 0.25) is 0 Å². The Morgan fingerprint density at radius 3 is 2.31 bits per heavy atom. The van der Waals surface area contributed by atoms with Crippen LogP contribution in [0.5, 0.6) is 0 Å². The summed E-state index contributed by atoms with van der Waals surface area (Å²) >= 11 is 0. The lowest BCUT2D eigenvalue weighted by atomic mass is 10.1. The van der Waals surface area contributed by atoms with Crippen molar-refractivity contribution in [3.05, 3.63) is 62.1 Å². The second-order valence-electron chi connectivity index (χ2n) is 7.56. The van der Waals surface area contributed by atoms with E-state index >= 15 is 0 Å². The Kier molecular flexibility index (Phi) is 7.05. The van der Waals surface area contributed by atoms with Crippen LogP contribution in [0.15, 0.2) is 33.9 Å². The zero-order chi connectivity index (χ0) is 20.6. The summed E-state index contributed by atoms with van der Waals surface area (Å²) in [6.45, 7) is 4.59. The number of aliphatic hydroxyl groups excluding tert-OH is 1. The van der Waals surface area contributed by atoms with Gasteiger partial charge in [0.05, 0.1) is 6.04 Å². The largest absolute Gasteiger partial charge is 1.00 e. The summed E-state index contributed by atoms with van der Waals surface area (Å²) in [5, 5.41) is 12.7. The number of halogens is 1. The first-order valence-electron chi connectivity index (χ1n) is 9.40. The molecule has 0 aliphatic rings. The van der Waals surface area contributed by atoms with E-state index in [1.165, 1.54) is 22.7 Å². The van der Waals surface area contributed by atoms with Gasteiger partial charge in [0.1, 0.15) is 12.4 Å². The van der Waals surface area contributed by atoms with E-state index in [0.29, 0.717) is 17.9 Å². The molecule has 3 N–H and O–H groups in total. The molecule has 2 heterocycles. The van der Waals surface area contributed by atoms with E-state index in [-0.39, 0.29) is 24.1 Å². The number of fused-ring (bicyclic) bond motifs is 1. The maximum atomic E-state index is 12.5. The maximum absolute atomic E-state index is 12.5. The van der Waals surface area contributed by atoms with Crippen molar-refractivity contribution in [2.45, 2.75) is 32.4 Å². The molecule has 0 amide bonds. The minimum absolute atomic E-state index is 0. The van der Waals surface area contributed by atoms with Crippen molar-refractivity contribution < 1.29 is 22.8 Å². The summed E-state index contributed by atoms with van der Waals surface area (Å²) in [4.78, 5) is 29.0. The average Bonchev–Trinajstić information content (AvgIpc) is 3.02. The van der Waals surface area contributed by atoms with E-state index in [2.05, 4.69) is 48.4 Å². The number of rotatable bonds is 6. The van der Waals surface area contributed by atoms with Crippen LogP contribution in [0, 0.1) is 6.92 Å². The third-order valence-corrected chi connectivity index (χ3v) is 5.25. The minimum Gasteiger partial charge on any atom is -1.00 e. The smallest absolute Gasteiger partial charge is 0.332 e. The lowest BCUT2D eigenvalue weighted by molar-refractivity contribution is -0.692. The van der Waals surface area contributed by atoms with Crippen molar-refractivity contribution in [2.24, 2.45) is 21.1 Å². The zero-order valence-electron chi connectivity index (χ0n) is 17.4. The molecule has 3 aromatic rings. The average molecular weight is 422 g/mol. The Balaban J connectivity index is 0.00000300. The van der Waals surface area contributed by atoms with Crippen molar-refractivity contribution in [3.8, 4) is 0 Å². The lowest BCUT2D eigenvalue weighted by Gasteiger charge is -2.14. The molecule has 8 nitrogen and oxygen atoms in total. The number of nitrogens with two attached hydrogens (primary N) is 1. The monoisotopic (exact) mass is 421 g/mol. The van der Waals surface area contributed by atoms with Gasteiger partial charge in [-0.15, -0.1) is 0 Å². The lowest BCUT2D eigenvalue weighted by Crippen LogP contribution is -3.00. The molecule has 1 aromatic carbocycles. The number of benzene rings is 1. The molecule has 0 fully saturated rings. The van der Waals surface area contributed by atoms with Gasteiger partial charge in [-0.25, -0.2) is 9.78 Å². The first-order chi connectivity index (χ1) is 13.2. The van der Waals surface area contributed by atoms with Gasteiger partial charge >= 0.3 is 5.69 Å². The number of quaternary nitrogens is 1. The van der Waals surface area contributed by atoms with Crippen LogP contribution in [-0.4, -0.2) is 36.4 Å². The van der Waals surface area contributed by atoms with Gasteiger partial charge in [0, 0.05) is 27.6 Å². The van der Waals surface area contributed by atoms with Crippen LogP contribution in [0.1, 0.15) is 30.0 Å². The Hall–Kier alpha value is -2.42. The van der Waals surface area contributed by atoms with Crippen LogP contribution in [0.25, 0.3) is 11.2 Å². The molecule has 0 saturated carbocycles. The van der Waals surface area contributed by atoms with Gasteiger partial charge < -0.3 is 27.4 Å². The van der Waals surface area contributed by atoms with Crippen molar-refractivity contribution >= 4 is 11.2 Å². The second kappa shape index (κ2) is 8.94. The van der Waals surface area contributed by atoms with Gasteiger partial charge in [-0.2, -0.15) is 0 Å². The van der Waals surface area contributed by atoms with Crippen LogP contribution in [0.3, 0.4) is 0 Å². The Bertz CT molecular complexity index is 1110. The summed E-state index contributed by atoms with van der Waals surface area (Å²) in [6.07, 6.45) is 0.0441. The molecule has 2 atom stereocenters. The zero-order valence-corrected chi connectivity index (χ0v) is 18.1. The molecular weight excluding hydrogens is 394 g/mol.